The van der Waals surface area contributed by atoms with Gasteiger partial charge in [0.2, 0.25) is 0 Å². The van der Waals surface area contributed by atoms with Crippen LogP contribution in [-0.2, 0) is 6.42 Å². The van der Waals surface area contributed by atoms with Crippen molar-refractivity contribution < 1.29 is 0 Å². The molecule has 2 rings (SSSR count). The quantitative estimate of drug-likeness (QED) is 0.522. The van der Waals surface area contributed by atoms with Crippen LogP contribution in [0.1, 0.15) is 25.7 Å². The fourth-order valence-corrected chi connectivity index (χ4v) is 1.36. The molecule has 0 radical (unpaired) electrons. The van der Waals surface area contributed by atoms with Gasteiger partial charge >= 0.3 is 0 Å². The third-order valence-corrected chi connectivity index (χ3v) is 2.27. The van der Waals surface area contributed by atoms with Gasteiger partial charge in [0.15, 0.2) is 5.82 Å². The Kier molecular flexibility index (Phi) is 1.03. The number of nitrogens with zero attached hydrogens (tertiary/aromatic N) is 4. The van der Waals surface area contributed by atoms with E-state index in [1.807, 2.05) is 4.68 Å². The molecule has 0 aromatic carbocycles. The van der Waals surface area contributed by atoms with Crippen molar-refractivity contribution in [1.29, 1.82) is 0 Å². The summed E-state index contributed by atoms with van der Waals surface area (Å²) in [5, 5.41) is 11.4. The maximum atomic E-state index is 3.90. The van der Waals surface area contributed by atoms with Crippen molar-refractivity contribution in [2.75, 3.05) is 0 Å². The second kappa shape index (κ2) is 1.78. The summed E-state index contributed by atoms with van der Waals surface area (Å²) in [4.78, 5) is 0. The number of rotatable bonds is 0. The van der Waals surface area contributed by atoms with E-state index in [4.69, 9.17) is 0 Å². The zero-order valence-corrected chi connectivity index (χ0v) is 6.15. The molecule has 54 valence electrons. The number of hydrogen-bond acceptors (Lipinski definition) is 3. The Labute approximate surface area is 59.2 Å². The van der Waals surface area contributed by atoms with Gasteiger partial charge in [0.25, 0.3) is 0 Å². The Morgan fingerprint density at radius 2 is 2.30 bits per heavy atom. The minimum Gasteiger partial charge on any atom is -0.227 e. The lowest BCUT2D eigenvalue weighted by Crippen LogP contribution is -2.07. The summed E-state index contributed by atoms with van der Waals surface area (Å²) in [6.45, 7) is 4.36. The van der Waals surface area contributed by atoms with Crippen LogP contribution in [0.3, 0.4) is 0 Å². The first-order chi connectivity index (χ1) is 4.79. The summed E-state index contributed by atoms with van der Waals surface area (Å²) in [7, 11) is 0. The van der Waals surface area contributed by atoms with Gasteiger partial charge in [0.05, 0.1) is 6.04 Å². The van der Waals surface area contributed by atoms with E-state index in [2.05, 4.69) is 29.4 Å². The summed E-state index contributed by atoms with van der Waals surface area (Å²) >= 11 is 0. The Balaban J connectivity index is 2.43. The highest BCUT2D eigenvalue weighted by atomic mass is 15.6. The molecule has 1 aliphatic rings. The van der Waals surface area contributed by atoms with E-state index < -0.39 is 0 Å². The van der Waals surface area contributed by atoms with Crippen LogP contribution < -0.4 is 0 Å². The molecular formula is C6H10N4. The van der Waals surface area contributed by atoms with E-state index in [9.17, 15) is 0 Å². The van der Waals surface area contributed by atoms with Gasteiger partial charge in [0.1, 0.15) is 0 Å². The predicted molar refractivity (Wildman–Crippen MR) is 35.4 cm³/mol. The van der Waals surface area contributed by atoms with E-state index in [0.29, 0.717) is 12.0 Å². The molecule has 0 aliphatic carbocycles. The predicted octanol–water partition coefficient (Wildman–Crippen LogP) is 0.426. The van der Waals surface area contributed by atoms with E-state index in [-0.39, 0.29) is 0 Å². The lowest BCUT2D eigenvalue weighted by atomic mass is 10.0. The number of aromatic nitrogens is 4. The van der Waals surface area contributed by atoms with Crippen LogP contribution in [-0.4, -0.2) is 20.2 Å². The molecule has 0 saturated carbocycles. The second-order valence-corrected chi connectivity index (χ2v) is 2.96. The monoisotopic (exact) mass is 138 g/mol. The van der Waals surface area contributed by atoms with Crippen molar-refractivity contribution in [2.45, 2.75) is 26.3 Å². The Morgan fingerprint density at radius 3 is 3.00 bits per heavy atom. The van der Waals surface area contributed by atoms with Gasteiger partial charge in [-0.2, -0.15) is 0 Å². The summed E-state index contributed by atoms with van der Waals surface area (Å²) in [6, 6.07) is 0.477. The minimum atomic E-state index is 0.477. The topological polar surface area (TPSA) is 43.6 Å². The summed E-state index contributed by atoms with van der Waals surface area (Å²) < 4.78 is 1.91. The van der Waals surface area contributed by atoms with Crippen LogP contribution in [0, 0.1) is 5.92 Å². The van der Waals surface area contributed by atoms with Gasteiger partial charge in [-0.15, -0.1) is 5.10 Å². The average Bonchev–Trinajstić information content (AvgIpc) is 2.41. The van der Waals surface area contributed by atoms with Gasteiger partial charge < -0.3 is 0 Å². The van der Waals surface area contributed by atoms with Crippen LogP contribution in [0.4, 0.5) is 0 Å². The molecule has 0 spiro atoms. The van der Waals surface area contributed by atoms with Crippen LogP contribution in [0.2, 0.25) is 0 Å². The minimum absolute atomic E-state index is 0.477. The average molecular weight is 138 g/mol. The fourth-order valence-electron chi connectivity index (χ4n) is 1.36. The van der Waals surface area contributed by atoms with Crippen molar-refractivity contribution in [1.82, 2.24) is 20.2 Å². The van der Waals surface area contributed by atoms with Gasteiger partial charge in [-0.25, -0.2) is 4.68 Å². The molecule has 10 heavy (non-hydrogen) atoms. The van der Waals surface area contributed by atoms with Crippen LogP contribution in [0.5, 0.6) is 0 Å². The van der Waals surface area contributed by atoms with Crippen molar-refractivity contribution in [2.24, 2.45) is 5.92 Å². The molecule has 4 nitrogen and oxygen atoms in total. The number of fused-ring (bicyclic) bond motifs is 1. The maximum Gasteiger partial charge on any atom is 0.151 e. The molecule has 0 N–H and O–H groups in total. The lowest BCUT2D eigenvalue weighted by Gasteiger charge is -2.07. The Hall–Kier alpha value is -0.930. The first-order valence-electron chi connectivity index (χ1n) is 3.56. The first-order valence-corrected chi connectivity index (χ1v) is 3.56. The van der Waals surface area contributed by atoms with Gasteiger partial charge in [-0.1, -0.05) is 6.92 Å². The Morgan fingerprint density at radius 1 is 1.50 bits per heavy atom. The van der Waals surface area contributed by atoms with Crippen molar-refractivity contribution in [3.05, 3.63) is 5.82 Å². The Bertz CT molecular complexity index is 242. The van der Waals surface area contributed by atoms with Crippen LogP contribution >= 0.6 is 0 Å². The highest BCUT2D eigenvalue weighted by Gasteiger charge is 2.27. The molecule has 1 aliphatic heterocycles. The SMILES string of the molecule is C[C@H]1Cc2nnnn2[C@H]1C. The molecule has 1 aromatic heterocycles. The molecule has 0 bridgehead atoms. The van der Waals surface area contributed by atoms with E-state index >= 15 is 0 Å². The van der Waals surface area contributed by atoms with E-state index in [1.165, 1.54) is 0 Å². The summed E-state index contributed by atoms with van der Waals surface area (Å²) in [5.74, 6) is 1.69. The standard InChI is InChI=1S/C6H10N4/c1-4-3-6-7-8-9-10(6)5(4)2/h4-5H,3H2,1-2H3/t4-,5-/m0/s1. The van der Waals surface area contributed by atoms with Gasteiger partial charge in [0, 0.05) is 6.42 Å². The molecule has 0 saturated heterocycles. The van der Waals surface area contributed by atoms with Crippen LogP contribution in [0.25, 0.3) is 0 Å². The molecule has 2 heterocycles. The summed E-state index contributed by atoms with van der Waals surface area (Å²) in [6.07, 6.45) is 1.02. The van der Waals surface area contributed by atoms with Gasteiger partial charge in [-0.3, -0.25) is 0 Å². The largest absolute Gasteiger partial charge is 0.227 e. The van der Waals surface area contributed by atoms with Gasteiger partial charge in [-0.05, 0) is 23.3 Å². The molecule has 4 heteroatoms. The zero-order chi connectivity index (χ0) is 7.14. The molecule has 0 unspecified atom stereocenters. The highest BCUT2D eigenvalue weighted by Crippen LogP contribution is 2.27. The number of hydrogen-bond donors (Lipinski definition) is 0. The van der Waals surface area contributed by atoms with Crippen molar-refractivity contribution in [3.8, 4) is 0 Å². The lowest BCUT2D eigenvalue weighted by molar-refractivity contribution is 0.403. The highest BCUT2D eigenvalue weighted by molar-refractivity contribution is 4.94. The second-order valence-electron chi connectivity index (χ2n) is 2.96. The van der Waals surface area contributed by atoms with Crippen LogP contribution in [0.15, 0.2) is 0 Å². The molecule has 2 atom stereocenters. The first kappa shape index (κ1) is 5.82. The van der Waals surface area contributed by atoms with E-state index in [0.717, 1.165) is 12.2 Å². The molecule has 1 aromatic rings. The third-order valence-electron chi connectivity index (χ3n) is 2.27. The van der Waals surface area contributed by atoms with Crippen molar-refractivity contribution >= 4 is 0 Å². The number of tetrazole rings is 1. The zero-order valence-electron chi connectivity index (χ0n) is 6.15. The molecular weight excluding hydrogens is 128 g/mol. The smallest absolute Gasteiger partial charge is 0.151 e. The normalized spacial score (nSPS) is 30.6. The van der Waals surface area contributed by atoms with E-state index in [1.54, 1.807) is 0 Å². The van der Waals surface area contributed by atoms with Crippen molar-refractivity contribution in [3.63, 3.8) is 0 Å². The molecule has 0 fully saturated rings. The maximum absolute atomic E-state index is 3.90. The third kappa shape index (κ3) is 0.587. The molecule has 0 amide bonds. The summed E-state index contributed by atoms with van der Waals surface area (Å²) in [5.41, 5.74) is 0. The fraction of sp³-hybridized carbons (Fsp3) is 0.833.